The van der Waals surface area contributed by atoms with E-state index in [1.807, 2.05) is 21.6 Å². The topological polar surface area (TPSA) is 76.5 Å². The summed E-state index contributed by atoms with van der Waals surface area (Å²) in [6, 6.07) is 7.47. The second kappa shape index (κ2) is 6.84. The van der Waals surface area contributed by atoms with Crippen LogP contribution in [-0.2, 0) is 11.2 Å². The molecule has 7 heteroatoms. The van der Waals surface area contributed by atoms with Gasteiger partial charge in [-0.3, -0.25) is 9.20 Å². The highest BCUT2D eigenvalue weighted by Crippen LogP contribution is 2.27. The predicted molar refractivity (Wildman–Crippen MR) is 95.0 cm³/mol. The van der Waals surface area contributed by atoms with E-state index in [0.717, 1.165) is 17.7 Å². The van der Waals surface area contributed by atoms with Gasteiger partial charge >= 0.3 is 0 Å². The van der Waals surface area contributed by atoms with E-state index in [2.05, 4.69) is 9.97 Å². The molecule has 0 radical (unpaired) electrons. The molecule has 3 heterocycles. The molecule has 1 aliphatic rings. The fourth-order valence-corrected chi connectivity index (χ4v) is 3.58. The van der Waals surface area contributed by atoms with Gasteiger partial charge in [0.25, 0.3) is 0 Å². The molecule has 3 aromatic rings. The first-order valence-corrected chi connectivity index (χ1v) is 8.68. The van der Waals surface area contributed by atoms with Gasteiger partial charge < -0.3 is 10.6 Å². The molecule has 1 aliphatic heterocycles. The molecule has 0 saturated carbocycles. The highest BCUT2D eigenvalue weighted by atomic mass is 19.1. The lowest BCUT2D eigenvalue weighted by atomic mass is 10.0. The van der Waals surface area contributed by atoms with Gasteiger partial charge in [-0.05, 0) is 36.6 Å². The van der Waals surface area contributed by atoms with Gasteiger partial charge in [0, 0.05) is 43.3 Å². The monoisotopic (exact) mass is 353 g/mol. The van der Waals surface area contributed by atoms with E-state index < -0.39 is 6.04 Å². The third kappa shape index (κ3) is 3.17. The molecule has 2 atom stereocenters. The summed E-state index contributed by atoms with van der Waals surface area (Å²) in [5.41, 5.74) is 8.08. The molecule has 1 aromatic carbocycles. The molecule has 0 bridgehead atoms. The Kier molecular flexibility index (Phi) is 4.38. The van der Waals surface area contributed by atoms with Gasteiger partial charge in [0.1, 0.15) is 5.82 Å². The molecule has 0 aliphatic carbocycles. The molecule has 0 spiro atoms. The van der Waals surface area contributed by atoms with Gasteiger partial charge in [-0.2, -0.15) is 0 Å². The second-order valence-electron chi connectivity index (χ2n) is 6.67. The molecular weight excluding hydrogens is 333 g/mol. The summed E-state index contributed by atoms with van der Waals surface area (Å²) in [4.78, 5) is 23.0. The Morgan fingerprint density at radius 1 is 1.23 bits per heavy atom. The number of fused-ring (bicyclic) bond motifs is 1. The highest BCUT2D eigenvalue weighted by molar-refractivity contribution is 5.82. The number of rotatable bonds is 4. The summed E-state index contributed by atoms with van der Waals surface area (Å²) in [5.74, 6) is 0.545. The van der Waals surface area contributed by atoms with Gasteiger partial charge in [-0.15, -0.1) is 0 Å². The zero-order valence-corrected chi connectivity index (χ0v) is 14.3. The lowest BCUT2D eigenvalue weighted by Crippen LogP contribution is -2.43. The van der Waals surface area contributed by atoms with Gasteiger partial charge in [-0.1, -0.05) is 12.1 Å². The van der Waals surface area contributed by atoms with Crippen LogP contribution in [0.1, 0.15) is 23.6 Å². The van der Waals surface area contributed by atoms with Gasteiger partial charge in [-0.25, -0.2) is 14.4 Å². The summed E-state index contributed by atoms with van der Waals surface area (Å²) in [7, 11) is 0. The lowest BCUT2D eigenvalue weighted by molar-refractivity contribution is -0.131. The lowest BCUT2D eigenvalue weighted by Gasteiger charge is -2.21. The summed E-state index contributed by atoms with van der Waals surface area (Å²) >= 11 is 0. The number of hydrogen-bond donors (Lipinski definition) is 1. The van der Waals surface area contributed by atoms with Crippen LogP contribution in [0.3, 0.4) is 0 Å². The zero-order valence-electron chi connectivity index (χ0n) is 14.3. The van der Waals surface area contributed by atoms with Crippen molar-refractivity contribution >= 4 is 11.7 Å². The average molecular weight is 353 g/mol. The van der Waals surface area contributed by atoms with Crippen LogP contribution < -0.4 is 5.73 Å². The molecule has 1 amide bonds. The largest absolute Gasteiger partial charge is 0.341 e. The van der Waals surface area contributed by atoms with E-state index in [1.165, 1.54) is 12.1 Å². The highest BCUT2D eigenvalue weighted by Gasteiger charge is 2.31. The van der Waals surface area contributed by atoms with Crippen LogP contribution in [0.4, 0.5) is 4.39 Å². The molecule has 4 rings (SSSR count). The first-order chi connectivity index (χ1) is 12.6. The van der Waals surface area contributed by atoms with Crippen molar-refractivity contribution in [3.63, 3.8) is 0 Å². The van der Waals surface area contributed by atoms with Crippen molar-refractivity contribution in [2.24, 2.45) is 5.73 Å². The number of halogens is 1. The number of nitrogens with two attached hydrogens (primary N) is 1. The van der Waals surface area contributed by atoms with Crippen LogP contribution in [-0.4, -0.2) is 44.3 Å². The van der Waals surface area contributed by atoms with Crippen molar-refractivity contribution in [1.82, 2.24) is 19.3 Å². The summed E-state index contributed by atoms with van der Waals surface area (Å²) in [5, 5.41) is 0. The summed E-state index contributed by atoms with van der Waals surface area (Å²) in [6.07, 6.45) is 6.65. The van der Waals surface area contributed by atoms with Crippen molar-refractivity contribution in [2.75, 3.05) is 13.1 Å². The van der Waals surface area contributed by atoms with Gasteiger partial charge in [0.15, 0.2) is 0 Å². The molecule has 1 saturated heterocycles. The number of likely N-dealkylation sites (tertiary alicyclic amines) is 1. The predicted octanol–water partition coefficient (Wildman–Crippen LogP) is 1.75. The minimum absolute atomic E-state index is 0.0623. The van der Waals surface area contributed by atoms with Crippen LogP contribution in [0.2, 0.25) is 0 Å². The van der Waals surface area contributed by atoms with E-state index in [1.54, 1.807) is 24.5 Å². The maximum Gasteiger partial charge on any atom is 0.239 e. The van der Waals surface area contributed by atoms with Crippen LogP contribution in [0.15, 0.2) is 48.9 Å². The third-order valence-electron chi connectivity index (χ3n) is 4.94. The van der Waals surface area contributed by atoms with Crippen molar-refractivity contribution in [2.45, 2.75) is 24.8 Å². The zero-order chi connectivity index (χ0) is 18.1. The van der Waals surface area contributed by atoms with E-state index >= 15 is 0 Å². The Morgan fingerprint density at radius 3 is 2.81 bits per heavy atom. The van der Waals surface area contributed by atoms with Crippen molar-refractivity contribution in [1.29, 1.82) is 0 Å². The number of benzene rings is 1. The Bertz CT molecular complexity index is 923. The maximum absolute atomic E-state index is 13.0. The van der Waals surface area contributed by atoms with Crippen LogP contribution >= 0.6 is 0 Å². The summed E-state index contributed by atoms with van der Waals surface area (Å²) in [6.45, 7) is 1.31. The molecule has 6 nitrogen and oxygen atoms in total. The second-order valence-corrected chi connectivity index (χ2v) is 6.67. The molecule has 134 valence electrons. The number of carbonyl (C=O) groups is 1. The Labute approximate surface area is 150 Å². The minimum atomic E-state index is -0.620. The molecule has 0 unspecified atom stereocenters. The molecule has 1 fully saturated rings. The fourth-order valence-electron chi connectivity index (χ4n) is 3.58. The number of nitrogens with zero attached hydrogens (tertiary/aromatic N) is 4. The summed E-state index contributed by atoms with van der Waals surface area (Å²) < 4.78 is 15.0. The normalized spacial score (nSPS) is 18.4. The quantitative estimate of drug-likeness (QED) is 0.775. The van der Waals surface area contributed by atoms with Crippen molar-refractivity contribution in [3.05, 3.63) is 66.0 Å². The molecular formula is C19H20FN5O. The van der Waals surface area contributed by atoms with Crippen LogP contribution in [0, 0.1) is 5.82 Å². The Hall–Kier alpha value is -2.80. The number of aromatic nitrogens is 3. The smallest absolute Gasteiger partial charge is 0.239 e. The number of hydrogen-bond acceptors (Lipinski definition) is 4. The minimum Gasteiger partial charge on any atom is -0.341 e. The van der Waals surface area contributed by atoms with Crippen LogP contribution in [0.25, 0.3) is 5.78 Å². The molecule has 26 heavy (non-hydrogen) atoms. The molecule has 2 aromatic heterocycles. The van der Waals surface area contributed by atoms with E-state index in [4.69, 9.17) is 5.73 Å². The van der Waals surface area contributed by atoms with Crippen molar-refractivity contribution < 1.29 is 9.18 Å². The average Bonchev–Trinajstić information content (AvgIpc) is 3.32. The number of carbonyl (C=O) groups excluding carboxylic acids is 1. The van der Waals surface area contributed by atoms with E-state index in [9.17, 15) is 9.18 Å². The van der Waals surface area contributed by atoms with E-state index in [-0.39, 0.29) is 17.6 Å². The Morgan fingerprint density at radius 2 is 2.00 bits per heavy atom. The fraction of sp³-hybridized carbons (Fsp3) is 0.316. The van der Waals surface area contributed by atoms with Gasteiger partial charge in [0.05, 0.1) is 6.04 Å². The van der Waals surface area contributed by atoms with Crippen molar-refractivity contribution in [3.8, 4) is 0 Å². The molecule has 2 N–H and O–H groups in total. The van der Waals surface area contributed by atoms with Gasteiger partial charge in [0.2, 0.25) is 11.7 Å². The number of imidazole rings is 1. The maximum atomic E-state index is 13.0. The third-order valence-corrected chi connectivity index (χ3v) is 4.94. The van der Waals surface area contributed by atoms with E-state index in [0.29, 0.717) is 25.3 Å². The van der Waals surface area contributed by atoms with Crippen LogP contribution in [0.5, 0.6) is 0 Å². The standard InChI is InChI=1S/C19H20FN5O/c20-15-3-1-13(2-4-15)11-16(21)18(26)24-9-6-14(12-24)17-5-7-22-19-23-8-10-25(17)19/h1-5,7-8,10,14,16H,6,9,11-12,21H2/t14-,16-/m1/s1. The first-order valence-electron chi connectivity index (χ1n) is 8.68. The number of amides is 1. The SMILES string of the molecule is N[C@H](Cc1ccc(F)cc1)C(=O)N1CC[C@@H](c2ccnc3nccn23)C1. The Balaban J connectivity index is 1.43. The first kappa shape index (κ1) is 16.7.